The van der Waals surface area contributed by atoms with Crippen molar-refractivity contribution in [1.82, 2.24) is 14.7 Å². The summed E-state index contributed by atoms with van der Waals surface area (Å²) in [5.41, 5.74) is 5.02. The van der Waals surface area contributed by atoms with E-state index in [-0.39, 0.29) is 36.8 Å². The molecule has 1 aromatic rings. The summed E-state index contributed by atoms with van der Waals surface area (Å²) in [7, 11) is 0. The normalized spacial score (nSPS) is 18.9. The number of nitrogens with zero attached hydrogens (tertiary/aromatic N) is 3. The van der Waals surface area contributed by atoms with Crippen LogP contribution < -0.4 is 5.73 Å². The molecule has 2 heterocycles. The predicted octanol–water partition coefficient (Wildman–Crippen LogP) is 0.691. The molecule has 2 rings (SSSR count). The van der Waals surface area contributed by atoms with E-state index in [9.17, 15) is 4.79 Å². The maximum atomic E-state index is 12.1. The van der Waals surface area contributed by atoms with Crippen molar-refractivity contribution in [1.29, 1.82) is 0 Å². The number of hydrogen-bond donors (Lipinski definition) is 1. The molecular weight excluding hydrogens is 303 g/mol. The number of aromatic nitrogens is 2. The van der Waals surface area contributed by atoms with Crippen LogP contribution in [0.4, 0.5) is 0 Å². The third kappa shape index (κ3) is 4.94. The minimum absolute atomic E-state index is 0. The lowest BCUT2D eigenvalue weighted by molar-refractivity contribution is -0.143. The summed E-state index contributed by atoms with van der Waals surface area (Å²) in [6.07, 6.45) is 3.59. The average Bonchev–Trinajstić information content (AvgIpc) is 2.80. The molecule has 116 valence electrons. The van der Waals surface area contributed by atoms with Crippen molar-refractivity contribution in [3.05, 3.63) is 18.5 Å². The zero-order chi connectivity index (χ0) is 13.2. The fourth-order valence-corrected chi connectivity index (χ4v) is 2.04. The Balaban J connectivity index is 0.00000180. The number of nitrogens with two attached hydrogens (primary N) is 1. The van der Waals surface area contributed by atoms with Crippen LogP contribution in [0.25, 0.3) is 0 Å². The Kier molecular flexibility index (Phi) is 7.51. The number of ether oxygens (including phenoxy) is 1. The molecule has 1 fully saturated rings. The molecule has 0 radical (unpaired) electrons. The van der Waals surface area contributed by atoms with Crippen molar-refractivity contribution in [2.24, 2.45) is 5.73 Å². The first-order valence-electron chi connectivity index (χ1n) is 6.14. The molecule has 1 atom stereocenters. The zero-order valence-corrected chi connectivity index (χ0v) is 13.3. The van der Waals surface area contributed by atoms with Crippen LogP contribution in [0, 0.1) is 0 Å². The Hall–Kier alpha value is -0.820. The summed E-state index contributed by atoms with van der Waals surface area (Å²) in [4.78, 5) is 13.9. The lowest BCUT2D eigenvalue weighted by atomic mass is 10.0. The van der Waals surface area contributed by atoms with Crippen LogP contribution in [0.2, 0.25) is 0 Å². The van der Waals surface area contributed by atoms with Crippen LogP contribution >= 0.6 is 24.8 Å². The quantitative estimate of drug-likeness (QED) is 0.887. The number of hydrogen-bond acceptors (Lipinski definition) is 4. The SMILES string of the molecule is CC(C)(N)C(=O)N1CCOC(Cn2cccn2)C1.Cl.Cl. The monoisotopic (exact) mass is 324 g/mol. The van der Waals surface area contributed by atoms with Gasteiger partial charge in [-0.3, -0.25) is 9.48 Å². The second-order valence-electron chi connectivity index (χ2n) is 5.19. The van der Waals surface area contributed by atoms with Gasteiger partial charge in [0.05, 0.1) is 24.8 Å². The van der Waals surface area contributed by atoms with E-state index in [1.807, 2.05) is 16.9 Å². The first-order valence-corrected chi connectivity index (χ1v) is 6.14. The van der Waals surface area contributed by atoms with Crippen molar-refractivity contribution in [2.45, 2.75) is 32.0 Å². The number of halogens is 2. The van der Waals surface area contributed by atoms with Crippen LogP contribution in [-0.4, -0.2) is 51.9 Å². The van der Waals surface area contributed by atoms with E-state index >= 15 is 0 Å². The maximum absolute atomic E-state index is 12.1. The number of carbonyl (C=O) groups is 1. The molecule has 1 aliphatic rings. The lowest BCUT2D eigenvalue weighted by Crippen LogP contribution is -2.56. The highest BCUT2D eigenvalue weighted by atomic mass is 35.5. The zero-order valence-electron chi connectivity index (χ0n) is 11.7. The minimum atomic E-state index is -0.826. The van der Waals surface area contributed by atoms with Gasteiger partial charge in [0.2, 0.25) is 5.91 Å². The molecule has 1 amide bonds. The molecule has 0 saturated carbocycles. The molecule has 1 aliphatic heterocycles. The highest BCUT2D eigenvalue weighted by Gasteiger charge is 2.31. The topological polar surface area (TPSA) is 73.4 Å². The Bertz CT molecular complexity index is 406. The number of rotatable bonds is 3. The van der Waals surface area contributed by atoms with Gasteiger partial charge in [-0.25, -0.2) is 0 Å². The van der Waals surface area contributed by atoms with Gasteiger partial charge in [0, 0.05) is 25.5 Å². The third-order valence-corrected chi connectivity index (χ3v) is 2.93. The van der Waals surface area contributed by atoms with Gasteiger partial charge < -0.3 is 15.4 Å². The van der Waals surface area contributed by atoms with E-state index in [1.54, 1.807) is 24.9 Å². The molecule has 6 nitrogen and oxygen atoms in total. The molecule has 0 aromatic carbocycles. The van der Waals surface area contributed by atoms with Crippen LogP contribution in [0.1, 0.15) is 13.8 Å². The molecule has 1 saturated heterocycles. The number of morpholine rings is 1. The van der Waals surface area contributed by atoms with Gasteiger partial charge in [-0.2, -0.15) is 5.10 Å². The van der Waals surface area contributed by atoms with Crippen LogP contribution in [-0.2, 0) is 16.1 Å². The smallest absolute Gasteiger partial charge is 0.242 e. The number of carbonyl (C=O) groups excluding carboxylic acids is 1. The van der Waals surface area contributed by atoms with Crippen LogP contribution in [0.3, 0.4) is 0 Å². The van der Waals surface area contributed by atoms with E-state index in [2.05, 4.69) is 5.10 Å². The molecule has 0 bridgehead atoms. The highest BCUT2D eigenvalue weighted by molar-refractivity contribution is 5.86. The van der Waals surface area contributed by atoms with E-state index in [1.165, 1.54) is 0 Å². The van der Waals surface area contributed by atoms with E-state index in [0.29, 0.717) is 26.2 Å². The summed E-state index contributed by atoms with van der Waals surface area (Å²) < 4.78 is 7.46. The summed E-state index contributed by atoms with van der Waals surface area (Å²) >= 11 is 0. The Morgan fingerprint density at radius 1 is 1.50 bits per heavy atom. The van der Waals surface area contributed by atoms with Crippen molar-refractivity contribution >= 4 is 30.7 Å². The van der Waals surface area contributed by atoms with Crippen LogP contribution in [0.15, 0.2) is 18.5 Å². The Labute approximate surface area is 131 Å². The van der Waals surface area contributed by atoms with Crippen molar-refractivity contribution < 1.29 is 9.53 Å². The fourth-order valence-electron chi connectivity index (χ4n) is 2.04. The van der Waals surface area contributed by atoms with E-state index in [0.717, 1.165) is 0 Å². The third-order valence-electron chi connectivity index (χ3n) is 2.93. The summed E-state index contributed by atoms with van der Waals surface area (Å²) in [5, 5.41) is 4.14. The molecule has 0 spiro atoms. The van der Waals surface area contributed by atoms with Gasteiger partial charge in [0.1, 0.15) is 0 Å². The fraction of sp³-hybridized carbons (Fsp3) is 0.667. The summed E-state index contributed by atoms with van der Waals surface area (Å²) in [6.45, 7) is 5.84. The lowest BCUT2D eigenvalue weighted by Gasteiger charge is -2.36. The molecule has 20 heavy (non-hydrogen) atoms. The van der Waals surface area contributed by atoms with Gasteiger partial charge in [-0.15, -0.1) is 24.8 Å². The van der Waals surface area contributed by atoms with Gasteiger partial charge in [0.15, 0.2) is 0 Å². The molecule has 2 N–H and O–H groups in total. The molecule has 8 heteroatoms. The second-order valence-corrected chi connectivity index (χ2v) is 5.19. The maximum Gasteiger partial charge on any atom is 0.242 e. The van der Waals surface area contributed by atoms with Gasteiger partial charge in [0.25, 0.3) is 0 Å². The molecule has 1 unspecified atom stereocenters. The van der Waals surface area contributed by atoms with E-state index in [4.69, 9.17) is 10.5 Å². The molecule has 1 aromatic heterocycles. The second kappa shape index (κ2) is 7.83. The average molecular weight is 325 g/mol. The van der Waals surface area contributed by atoms with Crippen molar-refractivity contribution in [2.75, 3.05) is 19.7 Å². The largest absolute Gasteiger partial charge is 0.373 e. The minimum Gasteiger partial charge on any atom is -0.373 e. The van der Waals surface area contributed by atoms with Crippen molar-refractivity contribution in [3.8, 4) is 0 Å². The van der Waals surface area contributed by atoms with Gasteiger partial charge in [-0.05, 0) is 19.9 Å². The highest BCUT2D eigenvalue weighted by Crippen LogP contribution is 2.12. The van der Waals surface area contributed by atoms with Crippen molar-refractivity contribution in [3.63, 3.8) is 0 Å². The summed E-state index contributed by atoms with van der Waals surface area (Å²) in [6, 6.07) is 1.87. The first-order chi connectivity index (χ1) is 8.47. The van der Waals surface area contributed by atoms with Crippen LogP contribution in [0.5, 0.6) is 0 Å². The molecular formula is C12H22Cl2N4O2. The summed E-state index contributed by atoms with van der Waals surface area (Å²) in [5.74, 6) is -0.0312. The Morgan fingerprint density at radius 3 is 2.75 bits per heavy atom. The predicted molar refractivity (Wildman–Crippen MR) is 81.3 cm³/mol. The molecule has 0 aliphatic carbocycles. The van der Waals surface area contributed by atoms with Gasteiger partial charge >= 0.3 is 0 Å². The Morgan fingerprint density at radius 2 is 2.20 bits per heavy atom. The first kappa shape index (κ1) is 19.2. The number of amides is 1. The van der Waals surface area contributed by atoms with Gasteiger partial charge in [-0.1, -0.05) is 0 Å². The standard InChI is InChI=1S/C12H20N4O2.2ClH/c1-12(2,13)11(17)15-6-7-18-10(8-15)9-16-5-3-4-14-16;;/h3-5,10H,6-9,13H2,1-2H3;2*1H. The van der Waals surface area contributed by atoms with E-state index < -0.39 is 5.54 Å².